The van der Waals surface area contributed by atoms with E-state index in [0.717, 1.165) is 4.31 Å². The van der Waals surface area contributed by atoms with Crippen molar-refractivity contribution in [3.8, 4) is 6.07 Å². The third-order valence-corrected chi connectivity index (χ3v) is 3.88. The van der Waals surface area contributed by atoms with Crippen LogP contribution in [0.1, 0.15) is 20.8 Å². The molecule has 0 aliphatic carbocycles. The Bertz CT molecular complexity index is 383. The zero-order valence-electron chi connectivity index (χ0n) is 9.89. The van der Waals surface area contributed by atoms with E-state index in [1.807, 2.05) is 0 Å². The van der Waals surface area contributed by atoms with Gasteiger partial charge in [0.1, 0.15) is 0 Å². The average Bonchev–Trinajstić information content (AvgIpc) is 2.14. The van der Waals surface area contributed by atoms with Gasteiger partial charge in [-0.3, -0.25) is 4.79 Å². The van der Waals surface area contributed by atoms with Gasteiger partial charge in [0, 0.05) is 13.1 Å². The number of hydrogen-bond acceptors (Lipinski definition) is 4. The molecule has 0 bridgehead atoms. The maximum atomic E-state index is 11.6. The number of nitrogens with zero attached hydrogens (tertiary/aromatic N) is 2. The molecule has 0 spiro atoms. The molecule has 1 amide bonds. The summed E-state index contributed by atoms with van der Waals surface area (Å²) in [5, 5.41) is 9.97. The molecule has 0 aliphatic heterocycles. The number of hydrogen-bond donors (Lipinski definition) is 1. The molecule has 0 heterocycles. The number of amides is 1. The summed E-state index contributed by atoms with van der Waals surface area (Å²) in [5.74, 6) is -0.383. The lowest BCUT2D eigenvalue weighted by molar-refractivity contribution is -0.121. The number of sulfonamides is 1. The molecule has 0 saturated carbocycles. The van der Waals surface area contributed by atoms with Crippen LogP contribution < -0.4 is 5.32 Å². The van der Waals surface area contributed by atoms with Crippen LogP contribution in [0.3, 0.4) is 0 Å². The third kappa shape index (κ3) is 4.16. The van der Waals surface area contributed by atoms with Gasteiger partial charge in [0.15, 0.2) is 5.25 Å². The first-order valence-electron chi connectivity index (χ1n) is 4.86. The smallest absolute Gasteiger partial charge is 0.235 e. The molecular formula is C9H17N3O3S. The molecule has 0 saturated heterocycles. The molecule has 1 atom stereocenters. The Labute approximate surface area is 96.3 Å². The van der Waals surface area contributed by atoms with Crippen molar-refractivity contribution in [2.24, 2.45) is 0 Å². The highest BCUT2D eigenvalue weighted by atomic mass is 32.2. The summed E-state index contributed by atoms with van der Waals surface area (Å²) >= 11 is 0. The molecule has 1 unspecified atom stereocenters. The lowest BCUT2D eigenvalue weighted by Gasteiger charge is -2.18. The quantitative estimate of drug-likeness (QED) is 0.721. The fraction of sp³-hybridized carbons (Fsp3) is 0.778. The van der Waals surface area contributed by atoms with Crippen molar-refractivity contribution in [3.05, 3.63) is 0 Å². The summed E-state index contributed by atoms with van der Waals surface area (Å²) in [7, 11) is -2.43. The van der Waals surface area contributed by atoms with E-state index in [4.69, 9.17) is 5.26 Å². The van der Waals surface area contributed by atoms with Crippen molar-refractivity contribution in [2.75, 3.05) is 13.6 Å². The Morgan fingerprint density at radius 1 is 1.44 bits per heavy atom. The zero-order chi connectivity index (χ0) is 12.9. The number of nitrogens with one attached hydrogen (secondary N) is 1. The molecule has 7 heteroatoms. The summed E-state index contributed by atoms with van der Waals surface area (Å²) in [6.45, 7) is 4.58. The van der Waals surface area contributed by atoms with Gasteiger partial charge in [0.2, 0.25) is 15.9 Å². The molecular weight excluding hydrogens is 230 g/mol. The molecule has 0 aromatic heterocycles. The van der Waals surface area contributed by atoms with E-state index < -0.39 is 15.3 Å². The normalized spacial score (nSPS) is 13.6. The van der Waals surface area contributed by atoms with Crippen LogP contribution in [0, 0.1) is 11.3 Å². The van der Waals surface area contributed by atoms with Gasteiger partial charge in [0.25, 0.3) is 0 Å². The lowest BCUT2D eigenvalue weighted by Crippen LogP contribution is -2.43. The van der Waals surface area contributed by atoms with Gasteiger partial charge in [-0.05, 0) is 20.8 Å². The highest BCUT2D eigenvalue weighted by Crippen LogP contribution is 2.05. The van der Waals surface area contributed by atoms with Gasteiger partial charge < -0.3 is 5.32 Å². The molecule has 0 radical (unpaired) electrons. The molecule has 0 aromatic carbocycles. The fourth-order valence-corrected chi connectivity index (χ4v) is 1.97. The van der Waals surface area contributed by atoms with Gasteiger partial charge in [-0.25, -0.2) is 8.42 Å². The summed E-state index contributed by atoms with van der Waals surface area (Å²) < 4.78 is 24.1. The Balaban J connectivity index is 4.54. The van der Waals surface area contributed by atoms with E-state index in [1.54, 1.807) is 19.9 Å². The van der Waals surface area contributed by atoms with Gasteiger partial charge in [0.05, 0.1) is 12.6 Å². The Hall–Kier alpha value is -1.13. The van der Waals surface area contributed by atoms with Crippen molar-refractivity contribution < 1.29 is 13.2 Å². The second-order valence-corrected chi connectivity index (χ2v) is 6.15. The van der Waals surface area contributed by atoms with Gasteiger partial charge in [-0.1, -0.05) is 0 Å². The first-order chi connectivity index (χ1) is 7.21. The largest absolute Gasteiger partial charge is 0.353 e. The number of carbonyl (C=O) groups excluding carboxylic acids is 1. The van der Waals surface area contributed by atoms with Crippen LogP contribution in [-0.2, 0) is 14.8 Å². The first kappa shape index (κ1) is 14.9. The second-order valence-electron chi connectivity index (χ2n) is 3.79. The van der Waals surface area contributed by atoms with Gasteiger partial charge >= 0.3 is 0 Å². The summed E-state index contributed by atoms with van der Waals surface area (Å²) in [4.78, 5) is 11.3. The van der Waals surface area contributed by atoms with Crippen molar-refractivity contribution in [3.63, 3.8) is 0 Å². The van der Waals surface area contributed by atoms with E-state index in [1.165, 1.54) is 14.0 Å². The Morgan fingerprint density at radius 3 is 2.31 bits per heavy atom. The topological polar surface area (TPSA) is 90.3 Å². The minimum absolute atomic E-state index is 0.0444. The minimum Gasteiger partial charge on any atom is -0.353 e. The van der Waals surface area contributed by atoms with Crippen LogP contribution in [-0.4, -0.2) is 43.5 Å². The summed E-state index contributed by atoms with van der Waals surface area (Å²) in [6.07, 6.45) is 0. The third-order valence-electron chi connectivity index (χ3n) is 1.88. The van der Waals surface area contributed by atoms with Crippen LogP contribution in [0.25, 0.3) is 0 Å². The predicted octanol–water partition coefficient (Wildman–Crippen LogP) is -0.315. The van der Waals surface area contributed by atoms with Crippen LogP contribution in [0.15, 0.2) is 0 Å². The van der Waals surface area contributed by atoms with E-state index in [0.29, 0.717) is 0 Å². The maximum absolute atomic E-state index is 11.6. The highest BCUT2D eigenvalue weighted by molar-refractivity contribution is 7.89. The number of nitriles is 1. The van der Waals surface area contributed by atoms with Crippen molar-refractivity contribution in [1.29, 1.82) is 5.26 Å². The zero-order valence-corrected chi connectivity index (χ0v) is 10.7. The van der Waals surface area contributed by atoms with E-state index >= 15 is 0 Å². The standard InChI is InChI=1S/C9H17N3O3S/c1-7(2)11-9(13)6-12(4)16(14,15)8(3)5-10/h7-8H,6H2,1-4H3,(H,11,13). The number of rotatable bonds is 5. The molecule has 16 heavy (non-hydrogen) atoms. The van der Waals surface area contributed by atoms with Crippen LogP contribution in [0.5, 0.6) is 0 Å². The predicted molar refractivity (Wildman–Crippen MR) is 59.9 cm³/mol. The van der Waals surface area contributed by atoms with E-state index in [9.17, 15) is 13.2 Å². The minimum atomic E-state index is -3.71. The fourth-order valence-electron chi connectivity index (χ4n) is 0.996. The van der Waals surface area contributed by atoms with Crippen LogP contribution in [0.2, 0.25) is 0 Å². The van der Waals surface area contributed by atoms with E-state index in [-0.39, 0.29) is 18.5 Å². The molecule has 0 aromatic rings. The van der Waals surface area contributed by atoms with Crippen LogP contribution >= 0.6 is 0 Å². The Morgan fingerprint density at radius 2 is 1.94 bits per heavy atom. The van der Waals surface area contributed by atoms with Gasteiger partial charge in [-0.2, -0.15) is 9.57 Å². The average molecular weight is 247 g/mol. The van der Waals surface area contributed by atoms with E-state index in [2.05, 4.69) is 5.32 Å². The van der Waals surface area contributed by atoms with Gasteiger partial charge in [-0.15, -0.1) is 0 Å². The lowest BCUT2D eigenvalue weighted by atomic mass is 10.4. The van der Waals surface area contributed by atoms with Crippen molar-refractivity contribution in [2.45, 2.75) is 32.1 Å². The summed E-state index contributed by atoms with van der Waals surface area (Å²) in [6, 6.07) is 1.59. The molecule has 1 N–H and O–H groups in total. The van der Waals surface area contributed by atoms with Crippen molar-refractivity contribution in [1.82, 2.24) is 9.62 Å². The number of carbonyl (C=O) groups is 1. The molecule has 92 valence electrons. The van der Waals surface area contributed by atoms with Crippen molar-refractivity contribution >= 4 is 15.9 Å². The molecule has 6 nitrogen and oxygen atoms in total. The first-order valence-corrected chi connectivity index (χ1v) is 6.36. The molecule has 0 rings (SSSR count). The maximum Gasteiger partial charge on any atom is 0.235 e. The number of likely N-dealkylation sites (N-methyl/N-ethyl adjacent to an activating group) is 1. The Kier molecular flexibility index (Phi) is 5.41. The van der Waals surface area contributed by atoms with Crippen LogP contribution in [0.4, 0.5) is 0 Å². The SMILES string of the molecule is CC(C)NC(=O)CN(C)S(=O)(=O)C(C)C#N. The monoisotopic (exact) mass is 247 g/mol. The molecule has 0 aliphatic rings. The molecule has 0 fully saturated rings. The highest BCUT2D eigenvalue weighted by Gasteiger charge is 2.27. The second kappa shape index (κ2) is 5.82. The summed E-state index contributed by atoms with van der Waals surface area (Å²) in [5.41, 5.74) is 0.